The van der Waals surface area contributed by atoms with Gasteiger partial charge < -0.3 is 5.11 Å². The third-order valence-electron chi connectivity index (χ3n) is 1.60. The Bertz CT molecular complexity index is 367. The molecule has 2 unspecified atom stereocenters. The van der Waals surface area contributed by atoms with Crippen molar-refractivity contribution in [2.45, 2.75) is 24.7 Å². The first-order valence-corrected chi connectivity index (χ1v) is 6.78. The van der Waals surface area contributed by atoms with Crippen LogP contribution < -0.4 is 0 Å². The minimum absolute atomic E-state index is 0.0556. The maximum absolute atomic E-state index is 10.6. The van der Waals surface area contributed by atoms with Crippen LogP contribution in [0.2, 0.25) is 0 Å². The quantitative estimate of drug-likeness (QED) is 0.527. The molecule has 0 rings (SSSR count). The summed E-state index contributed by atoms with van der Waals surface area (Å²) in [4.78, 5) is 0. The molecule has 0 aliphatic heterocycles. The Kier molecular flexibility index (Phi) is 4.46. The van der Waals surface area contributed by atoms with Crippen molar-refractivity contribution in [1.29, 1.82) is 0 Å². The second-order valence-corrected chi connectivity index (χ2v) is 5.91. The van der Waals surface area contributed by atoms with E-state index in [0.717, 1.165) is 0 Å². The van der Waals surface area contributed by atoms with Gasteiger partial charge in [0.25, 0.3) is 20.2 Å². The van der Waals surface area contributed by atoms with Gasteiger partial charge in [-0.3, -0.25) is 9.11 Å². The number of rotatable bonds is 5. The van der Waals surface area contributed by atoms with Gasteiger partial charge in [-0.05, 0) is 6.42 Å². The van der Waals surface area contributed by atoms with Crippen molar-refractivity contribution in [3.8, 4) is 0 Å². The monoisotopic (exact) mass is 248 g/mol. The summed E-state index contributed by atoms with van der Waals surface area (Å²) in [6, 6.07) is 0. The van der Waals surface area contributed by atoms with Crippen LogP contribution in [0.5, 0.6) is 0 Å². The Morgan fingerprint density at radius 3 is 1.79 bits per heavy atom. The Morgan fingerprint density at radius 2 is 1.57 bits per heavy atom. The Balaban J connectivity index is 4.96. The fourth-order valence-corrected chi connectivity index (χ4v) is 3.30. The van der Waals surface area contributed by atoms with Crippen molar-refractivity contribution in [3.05, 3.63) is 0 Å². The molecule has 7 nitrogen and oxygen atoms in total. The molecule has 0 saturated heterocycles. The molecule has 0 saturated carbocycles. The highest BCUT2D eigenvalue weighted by atomic mass is 32.2. The standard InChI is InChI=1S/C5H12O7S2/c1-2-4(6)5(14(10,11)12)3-13(7,8)9/h4-6H,2-3H2,1H3,(H,7,8,9)(H,10,11,12). The Labute approximate surface area is 82.3 Å². The highest BCUT2D eigenvalue weighted by Gasteiger charge is 2.33. The molecule has 86 valence electrons. The largest absolute Gasteiger partial charge is 0.392 e. The van der Waals surface area contributed by atoms with E-state index in [-0.39, 0.29) is 6.42 Å². The summed E-state index contributed by atoms with van der Waals surface area (Å²) in [6.07, 6.45) is -1.59. The minimum atomic E-state index is -4.70. The average Bonchev–Trinajstić information content (AvgIpc) is 1.95. The molecule has 3 N–H and O–H groups in total. The molecule has 0 aromatic heterocycles. The van der Waals surface area contributed by atoms with Gasteiger partial charge >= 0.3 is 0 Å². The van der Waals surface area contributed by atoms with Crippen LogP contribution in [0.15, 0.2) is 0 Å². The van der Waals surface area contributed by atoms with Crippen molar-refractivity contribution >= 4 is 20.2 Å². The van der Waals surface area contributed by atoms with E-state index in [9.17, 15) is 16.8 Å². The molecule has 0 fully saturated rings. The van der Waals surface area contributed by atoms with Crippen LogP contribution in [-0.2, 0) is 20.2 Å². The molecule has 2 atom stereocenters. The van der Waals surface area contributed by atoms with E-state index >= 15 is 0 Å². The molecule has 0 aromatic rings. The molecule has 0 amide bonds. The van der Waals surface area contributed by atoms with Crippen LogP contribution in [0.25, 0.3) is 0 Å². The molecule has 0 aliphatic rings. The van der Waals surface area contributed by atoms with E-state index in [4.69, 9.17) is 14.2 Å². The SMILES string of the molecule is CCC(O)C(CS(=O)(=O)O)S(=O)(=O)O. The zero-order chi connectivity index (χ0) is 11.6. The van der Waals surface area contributed by atoms with Crippen molar-refractivity contribution < 1.29 is 31.0 Å². The molecule has 0 radical (unpaired) electrons. The van der Waals surface area contributed by atoms with Crippen molar-refractivity contribution in [2.24, 2.45) is 0 Å². The fourth-order valence-electron chi connectivity index (χ4n) is 0.866. The van der Waals surface area contributed by atoms with Gasteiger partial charge in [0.2, 0.25) is 0 Å². The third-order valence-corrected chi connectivity index (χ3v) is 3.84. The molecular formula is C5H12O7S2. The van der Waals surface area contributed by atoms with Gasteiger partial charge in [0, 0.05) is 0 Å². The maximum Gasteiger partial charge on any atom is 0.271 e. The molecule has 0 bridgehead atoms. The lowest BCUT2D eigenvalue weighted by atomic mass is 10.2. The van der Waals surface area contributed by atoms with Gasteiger partial charge in [-0.15, -0.1) is 0 Å². The number of aliphatic hydroxyl groups excluding tert-OH is 1. The molecule has 0 heterocycles. The molecular weight excluding hydrogens is 236 g/mol. The molecule has 0 spiro atoms. The van der Waals surface area contributed by atoms with Crippen LogP contribution in [0.4, 0.5) is 0 Å². The van der Waals surface area contributed by atoms with Gasteiger partial charge in [0.15, 0.2) is 0 Å². The average molecular weight is 248 g/mol. The number of hydrogen-bond acceptors (Lipinski definition) is 5. The molecule has 9 heteroatoms. The molecule has 0 aromatic carbocycles. The summed E-state index contributed by atoms with van der Waals surface area (Å²) in [7, 11) is -9.26. The summed E-state index contributed by atoms with van der Waals surface area (Å²) in [6.45, 7) is 1.41. The molecule has 0 aliphatic carbocycles. The predicted molar refractivity (Wildman–Crippen MR) is 48.1 cm³/mol. The Morgan fingerprint density at radius 1 is 1.14 bits per heavy atom. The first-order chi connectivity index (χ1) is 6.08. The third kappa shape index (κ3) is 4.86. The van der Waals surface area contributed by atoms with Crippen molar-refractivity contribution in [2.75, 3.05) is 5.75 Å². The number of aliphatic hydroxyl groups is 1. The van der Waals surface area contributed by atoms with Gasteiger partial charge in [0.05, 0.1) is 11.9 Å². The van der Waals surface area contributed by atoms with E-state index in [2.05, 4.69) is 0 Å². The van der Waals surface area contributed by atoms with Crippen molar-refractivity contribution in [1.82, 2.24) is 0 Å². The summed E-state index contributed by atoms with van der Waals surface area (Å²) < 4.78 is 59.0. The molecule has 14 heavy (non-hydrogen) atoms. The second kappa shape index (κ2) is 4.53. The normalized spacial score (nSPS) is 17.7. The van der Waals surface area contributed by atoms with Gasteiger partial charge in [-0.2, -0.15) is 16.8 Å². The minimum Gasteiger partial charge on any atom is -0.392 e. The van der Waals surface area contributed by atoms with E-state index in [0.29, 0.717) is 0 Å². The van der Waals surface area contributed by atoms with Gasteiger partial charge in [-0.1, -0.05) is 6.92 Å². The van der Waals surface area contributed by atoms with Crippen LogP contribution in [-0.4, -0.2) is 48.2 Å². The van der Waals surface area contributed by atoms with E-state index < -0.39 is 37.3 Å². The highest BCUT2D eigenvalue weighted by Crippen LogP contribution is 2.10. The summed E-state index contributed by atoms with van der Waals surface area (Å²) in [5.41, 5.74) is 0. The van der Waals surface area contributed by atoms with E-state index in [1.54, 1.807) is 0 Å². The number of hydrogen-bond donors (Lipinski definition) is 3. The maximum atomic E-state index is 10.6. The lowest BCUT2D eigenvalue weighted by Gasteiger charge is -2.16. The Hall–Kier alpha value is -0.220. The lowest BCUT2D eigenvalue weighted by Crippen LogP contribution is -2.39. The van der Waals surface area contributed by atoms with Gasteiger partial charge in [0.1, 0.15) is 5.25 Å². The summed E-state index contributed by atoms with van der Waals surface area (Å²) in [5, 5.41) is 7.19. The smallest absolute Gasteiger partial charge is 0.271 e. The topological polar surface area (TPSA) is 129 Å². The van der Waals surface area contributed by atoms with Crippen molar-refractivity contribution in [3.63, 3.8) is 0 Å². The van der Waals surface area contributed by atoms with Crippen LogP contribution in [0, 0.1) is 0 Å². The van der Waals surface area contributed by atoms with E-state index in [1.807, 2.05) is 0 Å². The van der Waals surface area contributed by atoms with E-state index in [1.165, 1.54) is 6.92 Å². The predicted octanol–water partition coefficient (Wildman–Crippen LogP) is -1.10. The van der Waals surface area contributed by atoms with Crippen LogP contribution >= 0.6 is 0 Å². The highest BCUT2D eigenvalue weighted by molar-refractivity contribution is 7.90. The summed E-state index contributed by atoms with van der Waals surface area (Å²) in [5.74, 6) is -1.22. The fraction of sp³-hybridized carbons (Fsp3) is 1.00. The van der Waals surface area contributed by atoms with Crippen LogP contribution in [0.3, 0.4) is 0 Å². The first kappa shape index (κ1) is 13.8. The summed E-state index contributed by atoms with van der Waals surface area (Å²) >= 11 is 0. The second-order valence-electron chi connectivity index (χ2n) is 2.78. The first-order valence-electron chi connectivity index (χ1n) is 3.67. The van der Waals surface area contributed by atoms with Crippen LogP contribution in [0.1, 0.15) is 13.3 Å². The van der Waals surface area contributed by atoms with Gasteiger partial charge in [-0.25, -0.2) is 0 Å². The zero-order valence-corrected chi connectivity index (χ0v) is 8.99. The lowest BCUT2D eigenvalue weighted by molar-refractivity contribution is 0.165. The zero-order valence-electron chi connectivity index (χ0n) is 7.36.